The van der Waals surface area contributed by atoms with E-state index in [4.69, 9.17) is 29.9 Å². The second kappa shape index (κ2) is 14.8. The molecule has 6 heteroatoms. The van der Waals surface area contributed by atoms with Crippen molar-refractivity contribution >= 4 is 0 Å². The molecular weight excluding hydrogens is 781 g/mol. The summed E-state index contributed by atoms with van der Waals surface area (Å²) in [5.74, 6) is 7.03. The van der Waals surface area contributed by atoms with Crippen molar-refractivity contribution in [3.63, 3.8) is 0 Å². The first kappa shape index (κ1) is 37.1. The molecule has 7 aromatic carbocycles. The minimum atomic E-state index is 0.0209. The highest BCUT2D eigenvalue weighted by atomic mass is 15.0. The van der Waals surface area contributed by atoms with Crippen LogP contribution in [0.25, 0.3) is 90.6 Å². The zero-order valence-corrected chi connectivity index (χ0v) is 35.3. The van der Waals surface area contributed by atoms with Crippen LogP contribution in [0.3, 0.4) is 0 Å². The second-order valence-corrected chi connectivity index (χ2v) is 18.4. The molecule has 0 radical (unpaired) electrons. The fraction of sp³-hybridized carbons (Fsp3) is 0.172. The van der Waals surface area contributed by atoms with Crippen molar-refractivity contribution in [1.82, 2.24) is 29.9 Å². The molecule has 2 heterocycles. The number of hydrogen-bond acceptors (Lipinski definition) is 6. The molecule has 9 aromatic rings. The molecule has 14 rings (SSSR count). The van der Waals surface area contributed by atoms with Crippen molar-refractivity contribution < 1.29 is 0 Å². The maximum absolute atomic E-state index is 5.17. The first-order chi connectivity index (χ1) is 31.6. The van der Waals surface area contributed by atoms with Gasteiger partial charge >= 0.3 is 0 Å². The summed E-state index contributed by atoms with van der Waals surface area (Å²) in [5.41, 5.74) is 13.8. The minimum Gasteiger partial charge on any atom is -0.208 e. The van der Waals surface area contributed by atoms with Crippen molar-refractivity contribution in [3.8, 4) is 90.6 Å². The van der Waals surface area contributed by atoms with Gasteiger partial charge in [-0.2, -0.15) is 0 Å². The zero-order chi connectivity index (χ0) is 42.2. The predicted octanol–water partition coefficient (Wildman–Crippen LogP) is 13.4. The van der Waals surface area contributed by atoms with E-state index in [9.17, 15) is 0 Å². The third kappa shape index (κ3) is 6.07. The maximum Gasteiger partial charge on any atom is 0.164 e. The molecule has 1 spiro atoms. The maximum atomic E-state index is 5.17. The van der Waals surface area contributed by atoms with Gasteiger partial charge in [0.05, 0.1) is 0 Å². The average molecular weight is 825 g/mol. The van der Waals surface area contributed by atoms with Gasteiger partial charge in [-0.25, -0.2) is 29.9 Å². The van der Waals surface area contributed by atoms with Crippen LogP contribution in [0.4, 0.5) is 0 Å². The Hall–Kier alpha value is -7.44. The molecule has 0 N–H and O–H groups in total. The molecule has 0 amide bonds. The molecule has 6 nitrogen and oxygen atoms in total. The van der Waals surface area contributed by atoms with E-state index in [2.05, 4.69) is 109 Å². The van der Waals surface area contributed by atoms with Gasteiger partial charge in [-0.3, -0.25) is 0 Å². The summed E-state index contributed by atoms with van der Waals surface area (Å²) < 4.78 is 0. The molecule has 306 valence electrons. The number of aromatic nitrogens is 6. The standard InChI is InChI=1S/C58H44N6/c1-5-14-38(15-6-1)52-59-53(39-16-7-2-8-17-39)62-56(61-52)44-23-13-22-42(33-44)43-24-26-50-48(34-43)49-35-45(25-27-51(49)58(50)46-29-36-28-37(31-46)32-47(58)30-36)57-63-54(40-18-9-3-10-19-40)60-55(64-57)41-20-11-4-12-21-41/h1-27,33-37,46-47H,28-32H2. The van der Waals surface area contributed by atoms with Gasteiger partial charge in [-0.1, -0.05) is 164 Å². The molecule has 0 aliphatic heterocycles. The van der Waals surface area contributed by atoms with E-state index in [-0.39, 0.29) is 5.41 Å². The van der Waals surface area contributed by atoms with Crippen LogP contribution in [-0.2, 0) is 5.41 Å². The van der Waals surface area contributed by atoms with Gasteiger partial charge in [0.15, 0.2) is 34.9 Å². The Morgan fingerprint density at radius 2 is 0.594 bits per heavy atom. The fourth-order valence-corrected chi connectivity index (χ4v) is 12.2. The first-order valence-electron chi connectivity index (χ1n) is 22.8. The molecular formula is C58H44N6. The number of rotatable bonds is 7. The van der Waals surface area contributed by atoms with E-state index < -0.39 is 0 Å². The molecule has 64 heavy (non-hydrogen) atoms. The molecule has 0 atom stereocenters. The van der Waals surface area contributed by atoms with Crippen LogP contribution in [0.5, 0.6) is 0 Å². The summed E-state index contributed by atoms with van der Waals surface area (Å²) in [6.07, 6.45) is 6.73. The third-order valence-corrected chi connectivity index (χ3v) is 14.8. The van der Waals surface area contributed by atoms with Gasteiger partial charge in [-0.15, -0.1) is 0 Å². The van der Waals surface area contributed by atoms with Gasteiger partial charge in [0.2, 0.25) is 0 Å². The summed E-state index contributed by atoms with van der Waals surface area (Å²) >= 11 is 0. The molecule has 2 aromatic heterocycles. The van der Waals surface area contributed by atoms with E-state index in [0.29, 0.717) is 46.8 Å². The predicted molar refractivity (Wildman–Crippen MR) is 255 cm³/mol. The molecule has 4 fully saturated rings. The summed E-state index contributed by atoms with van der Waals surface area (Å²) in [7, 11) is 0. The second-order valence-electron chi connectivity index (χ2n) is 18.4. The van der Waals surface area contributed by atoms with Crippen LogP contribution in [-0.4, -0.2) is 29.9 Å². The summed E-state index contributed by atoms with van der Waals surface area (Å²) in [4.78, 5) is 30.4. The third-order valence-electron chi connectivity index (χ3n) is 14.8. The highest BCUT2D eigenvalue weighted by Crippen LogP contribution is 2.69. The Labute approximate surface area is 373 Å². The van der Waals surface area contributed by atoms with Crippen molar-refractivity contribution in [2.45, 2.75) is 37.5 Å². The van der Waals surface area contributed by atoms with Gasteiger partial charge in [0.1, 0.15) is 0 Å². The zero-order valence-electron chi connectivity index (χ0n) is 35.3. The molecule has 4 bridgehead atoms. The Kier molecular flexibility index (Phi) is 8.61. The van der Waals surface area contributed by atoms with Crippen molar-refractivity contribution in [2.24, 2.45) is 23.7 Å². The molecule has 4 saturated carbocycles. The van der Waals surface area contributed by atoms with Gasteiger partial charge in [-0.05, 0) is 107 Å². The van der Waals surface area contributed by atoms with Crippen molar-refractivity contribution in [1.29, 1.82) is 0 Å². The van der Waals surface area contributed by atoms with Crippen LogP contribution in [0, 0.1) is 23.7 Å². The Balaban J connectivity index is 0.958. The van der Waals surface area contributed by atoms with E-state index in [0.717, 1.165) is 50.8 Å². The van der Waals surface area contributed by atoms with Gasteiger partial charge < -0.3 is 0 Å². The highest BCUT2D eigenvalue weighted by Gasteiger charge is 2.61. The Morgan fingerprint density at radius 3 is 1.02 bits per heavy atom. The normalized spacial score (nSPS) is 21.2. The van der Waals surface area contributed by atoms with Crippen molar-refractivity contribution in [2.75, 3.05) is 0 Å². The van der Waals surface area contributed by atoms with Crippen LogP contribution in [0.15, 0.2) is 182 Å². The van der Waals surface area contributed by atoms with Crippen LogP contribution < -0.4 is 0 Å². The van der Waals surface area contributed by atoms with Crippen LogP contribution >= 0.6 is 0 Å². The summed E-state index contributed by atoms with van der Waals surface area (Å²) in [6.45, 7) is 0. The smallest absolute Gasteiger partial charge is 0.164 e. The largest absolute Gasteiger partial charge is 0.208 e. The summed E-state index contributed by atoms with van der Waals surface area (Å²) in [5, 5.41) is 0. The molecule has 0 saturated heterocycles. The molecule has 5 aliphatic rings. The van der Waals surface area contributed by atoms with Gasteiger partial charge in [0, 0.05) is 38.8 Å². The monoisotopic (exact) mass is 824 g/mol. The van der Waals surface area contributed by atoms with Crippen molar-refractivity contribution in [3.05, 3.63) is 193 Å². The highest BCUT2D eigenvalue weighted by molar-refractivity contribution is 5.88. The molecule has 5 aliphatic carbocycles. The van der Waals surface area contributed by atoms with E-state index in [1.54, 1.807) is 0 Å². The Morgan fingerprint density at radius 1 is 0.281 bits per heavy atom. The van der Waals surface area contributed by atoms with E-state index >= 15 is 0 Å². The lowest BCUT2D eigenvalue weighted by Crippen LogP contribution is -2.55. The topological polar surface area (TPSA) is 77.3 Å². The number of benzene rings is 7. The number of hydrogen-bond donors (Lipinski definition) is 0. The lowest BCUT2D eigenvalue weighted by molar-refractivity contribution is -0.0399. The summed E-state index contributed by atoms with van der Waals surface area (Å²) in [6, 6.07) is 64.1. The minimum absolute atomic E-state index is 0.0209. The number of fused-ring (bicyclic) bond motifs is 3. The lowest BCUT2D eigenvalue weighted by atomic mass is 9.43. The molecule has 0 unspecified atom stereocenters. The SMILES string of the molecule is c1ccc(-c2nc(-c3ccccc3)nc(-c3cccc(-c4ccc5c(c4)-c4cc(-c6nc(-c7ccccc7)nc(-c7ccccc7)n6)ccc4C54C5CC6CC(C5)CC4C6)c3)n2)cc1. The number of nitrogens with zero attached hydrogens (tertiary/aromatic N) is 6. The van der Waals surface area contributed by atoms with Crippen LogP contribution in [0.2, 0.25) is 0 Å². The fourth-order valence-electron chi connectivity index (χ4n) is 12.2. The first-order valence-corrected chi connectivity index (χ1v) is 22.8. The Bertz CT molecular complexity index is 3080. The quantitative estimate of drug-likeness (QED) is 0.159. The van der Waals surface area contributed by atoms with Crippen LogP contribution in [0.1, 0.15) is 43.2 Å². The van der Waals surface area contributed by atoms with Gasteiger partial charge in [0.25, 0.3) is 0 Å². The van der Waals surface area contributed by atoms with E-state index in [1.165, 1.54) is 59.9 Å². The lowest BCUT2D eigenvalue weighted by Gasteiger charge is -2.61. The van der Waals surface area contributed by atoms with E-state index in [1.807, 2.05) is 72.8 Å². The average Bonchev–Trinajstić information content (AvgIpc) is 3.65.